The lowest BCUT2D eigenvalue weighted by Gasteiger charge is -2.24. The van der Waals surface area contributed by atoms with Gasteiger partial charge in [0, 0.05) is 28.5 Å². The second-order valence-electron chi connectivity index (χ2n) is 7.30. The van der Waals surface area contributed by atoms with Crippen molar-refractivity contribution >= 4 is 58.4 Å². The smallest absolute Gasteiger partial charge is 0.340 e. The zero-order chi connectivity index (χ0) is 20.5. The average molecular weight is 449 g/mol. The Morgan fingerprint density at radius 2 is 2.13 bits per heavy atom. The predicted octanol–water partition coefficient (Wildman–Crippen LogP) is 5.05. The third-order valence-electron chi connectivity index (χ3n) is 5.23. The lowest BCUT2D eigenvalue weighted by atomic mass is 9.86. The zero-order valence-corrected chi connectivity index (χ0v) is 17.9. The monoisotopic (exact) mass is 448 g/mol. The van der Waals surface area contributed by atoms with Gasteiger partial charge < -0.3 is 15.8 Å². The molecule has 1 fully saturated rings. The second kappa shape index (κ2) is 8.93. The Morgan fingerprint density at radius 3 is 2.77 bits per heavy atom. The lowest BCUT2D eigenvalue weighted by Crippen LogP contribution is -2.21. The number of aryl methyl sites for hydroxylation is 1. The van der Waals surface area contributed by atoms with Gasteiger partial charge in [0.05, 0.1) is 12.2 Å². The number of hydrogen-bond acceptors (Lipinski definition) is 5. The summed E-state index contributed by atoms with van der Waals surface area (Å²) in [5.74, 6) is 0.376. The number of primary amides is 1. The maximum absolute atomic E-state index is 12.7. The van der Waals surface area contributed by atoms with Crippen LogP contribution in [0, 0.1) is 12.8 Å². The number of esters is 1. The van der Waals surface area contributed by atoms with E-state index in [1.54, 1.807) is 24.4 Å². The summed E-state index contributed by atoms with van der Waals surface area (Å²) in [6.45, 7) is 2.21. The van der Waals surface area contributed by atoms with E-state index in [4.69, 9.17) is 22.1 Å². The number of aromatic nitrogens is 2. The highest BCUT2D eigenvalue weighted by Crippen LogP contribution is 2.32. The minimum absolute atomic E-state index is 0. The first kappa shape index (κ1) is 21.9. The van der Waals surface area contributed by atoms with Gasteiger partial charge >= 0.3 is 12.0 Å². The maximum Gasteiger partial charge on any atom is 0.340 e. The molecule has 1 saturated carbocycles. The summed E-state index contributed by atoms with van der Waals surface area (Å²) in [6, 6.07) is 6.45. The molecule has 0 saturated heterocycles. The molecule has 3 N–H and O–H groups in total. The molecule has 0 unspecified atom stereocenters. The SMILES string of the molecule is Cc1cn(C(N)=O)c2c(Nc3cccc(Cl)c3)ncc(C(=O)OCC3CCC3)c12.Cl. The number of carbonyl (C=O) groups excluding carboxylic acids is 2. The molecule has 2 aromatic heterocycles. The quantitative estimate of drug-likeness (QED) is 0.532. The standard InChI is InChI=1S/C21H21ClN4O3.ClH/c1-12-10-26(21(23)28)18-17(12)16(20(27)29-11-13-4-2-5-13)9-24-19(18)25-15-7-3-6-14(22)8-15;/h3,6-10,13H,2,4-5,11H2,1H3,(H2,23,28)(H,24,25);1H. The van der Waals surface area contributed by atoms with Crippen LogP contribution in [0.2, 0.25) is 5.02 Å². The van der Waals surface area contributed by atoms with E-state index in [-0.39, 0.29) is 12.4 Å². The molecule has 0 spiro atoms. The van der Waals surface area contributed by atoms with Crippen LogP contribution in [0.3, 0.4) is 0 Å². The van der Waals surface area contributed by atoms with Crippen molar-refractivity contribution in [2.75, 3.05) is 11.9 Å². The van der Waals surface area contributed by atoms with Gasteiger partial charge in [0.2, 0.25) is 0 Å². The van der Waals surface area contributed by atoms with Crippen molar-refractivity contribution < 1.29 is 14.3 Å². The van der Waals surface area contributed by atoms with Crippen LogP contribution in [0.25, 0.3) is 10.9 Å². The van der Waals surface area contributed by atoms with E-state index in [0.29, 0.717) is 45.5 Å². The number of nitrogens with one attached hydrogen (secondary N) is 1. The van der Waals surface area contributed by atoms with Crippen LogP contribution in [0.5, 0.6) is 0 Å². The number of rotatable bonds is 5. The van der Waals surface area contributed by atoms with Crippen LogP contribution in [-0.2, 0) is 4.74 Å². The molecule has 7 nitrogen and oxygen atoms in total. The largest absolute Gasteiger partial charge is 0.462 e. The molecule has 1 aromatic carbocycles. The van der Waals surface area contributed by atoms with Gasteiger partial charge in [-0.1, -0.05) is 24.1 Å². The van der Waals surface area contributed by atoms with Crippen molar-refractivity contribution in [3.05, 3.63) is 52.8 Å². The number of pyridine rings is 1. The first-order valence-corrected chi connectivity index (χ1v) is 9.82. The molecule has 1 aliphatic rings. The molecule has 0 radical (unpaired) electrons. The number of fused-ring (bicyclic) bond motifs is 1. The van der Waals surface area contributed by atoms with Crippen molar-refractivity contribution in [1.29, 1.82) is 0 Å². The Balaban J connectivity index is 0.00000256. The second-order valence-corrected chi connectivity index (χ2v) is 7.73. The number of halogens is 2. The van der Waals surface area contributed by atoms with Crippen LogP contribution >= 0.6 is 24.0 Å². The molecule has 3 aromatic rings. The van der Waals surface area contributed by atoms with Crippen molar-refractivity contribution in [3.8, 4) is 0 Å². The van der Waals surface area contributed by atoms with Crippen molar-refractivity contribution in [2.45, 2.75) is 26.2 Å². The number of hydrogen-bond donors (Lipinski definition) is 2. The Labute approximate surface area is 185 Å². The summed E-state index contributed by atoms with van der Waals surface area (Å²) in [7, 11) is 0. The number of benzene rings is 1. The minimum Gasteiger partial charge on any atom is -0.462 e. The lowest BCUT2D eigenvalue weighted by molar-refractivity contribution is 0.0373. The molecule has 30 heavy (non-hydrogen) atoms. The van der Waals surface area contributed by atoms with E-state index >= 15 is 0 Å². The predicted molar refractivity (Wildman–Crippen MR) is 119 cm³/mol. The highest BCUT2D eigenvalue weighted by atomic mass is 35.5. The van der Waals surface area contributed by atoms with Crippen molar-refractivity contribution in [3.63, 3.8) is 0 Å². The van der Waals surface area contributed by atoms with E-state index in [9.17, 15) is 9.59 Å². The minimum atomic E-state index is -0.668. The molecular weight excluding hydrogens is 427 g/mol. The maximum atomic E-state index is 12.7. The molecule has 1 aliphatic carbocycles. The number of nitrogens with two attached hydrogens (primary N) is 1. The van der Waals surface area contributed by atoms with E-state index < -0.39 is 12.0 Å². The van der Waals surface area contributed by atoms with E-state index in [2.05, 4.69) is 10.3 Å². The van der Waals surface area contributed by atoms with Gasteiger partial charge in [-0.2, -0.15) is 0 Å². The van der Waals surface area contributed by atoms with Crippen LogP contribution in [0.15, 0.2) is 36.7 Å². The van der Waals surface area contributed by atoms with Crippen LogP contribution in [-0.4, -0.2) is 28.2 Å². The van der Waals surface area contributed by atoms with E-state index in [1.165, 1.54) is 17.2 Å². The van der Waals surface area contributed by atoms with Gasteiger partial charge in [0.25, 0.3) is 0 Å². The van der Waals surface area contributed by atoms with Crippen molar-refractivity contribution in [1.82, 2.24) is 9.55 Å². The molecule has 0 atom stereocenters. The third kappa shape index (κ3) is 4.22. The summed E-state index contributed by atoms with van der Waals surface area (Å²) in [4.78, 5) is 29.1. The molecule has 0 aliphatic heterocycles. The number of nitrogens with zero attached hydrogens (tertiary/aromatic N) is 2. The molecule has 0 bridgehead atoms. The van der Waals surface area contributed by atoms with Gasteiger partial charge in [-0.25, -0.2) is 14.6 Å². The van der Waals surface area contributed by atoms with Crippen molar-refractivity contribution in [2.24, 2.45) is 11.7 Å². The van der Waals surface area contributed by atoms with E-state index in [0.717, 1.165) is 18.4 Å². The Kier molecular flexibility index (Phi) is 6.53. The summed E-state index contributed by atoms with van der Waals surface area (Å²) >= 11 is 6.06. The Morgan fingerprint density at radius 1 is 1.37 bits per heavy atom. The summed E-state index contributed by atoms with van der Waals surface area (Å²) < 4.78 is 6.78. The first-order chi connectivity index (χ1) is 13.9. The Hall–Kier alpha value is -2.77. The van der Waals surface area contributed by atoms with Gasteiger partial charge in [0.1, 0.15) is 5.52 Å². The summed E-state index contributed by atoms with van der Waals surface area (Å²) in [6.07, 6.45) is 6.41. The van der Waals surface area contributed by atoms with Gasteiger partial charge in [-0.3, -0.25) is 4.57 Å². The van der Waals surface area contributed by atoms with Crippen LogP contribution in [0.1, 0.15) is 35.2 Å². The van der Waals surface area contributed by atoms with Gasteiger partial charge in [0.15, 0.2) is 5.82 Å². The molecule has 4 rings (SSSR count). The highest BCUT2D eigenvalue weighted by molar-refractivity contribution is 6.30. The van der Waals surface area contributed by atoms with Gasteiger partial charge in [-0.15, -0.1) is 12.4 Å². The molecule has 158 valence electrons. The number of anilines is 2. The number of carbonyl (C=O) groups is 2. The molecular formula is C21H22Cl2N4O3. The topological polar surface area (TPSA) is 99.2 Å². The summed E-state index contributed by atoms with van der Waals surface area (Å²) in [5.41, 5.74) is 7.72. The number of ether oxygens (including phenoxy) is 1. The van der Waals surface area contributed by atoms with Gasteiger partial charge in [-0.05, 0) is 49.4 Å². The molecule has 9 heteroatoms. The van der Waals surface area contributed by atoms with Crippen LogP contribution < -0.4 is 11.1 Å². The fourth-order valence-corrected chi connectivity index (χ4v) is 3.70. The first-order valence-electron chi connectivity index (χ1n) is 9.44. The number of amides is 1. The fraction of sp³-hybridized carbons (Fsp3) is 0.286. The Bertz CT molecular complexity index is 1110. The normalized spacial score (nSPS) is 13.4. The van der Waals surface area contributed by atoms with E-state index in [1.807, 2.05) is 13.0 Å². The summed E-state index contributed by atoms with van der Waals surface area (Å²) in [5, 5.41) is 4.30. The molecule has 1 amide bonds. The third-order valence-corrected chi connectivity index (χ3v) is 5.47. The van der Waals surface area contributed by atoms with Crippen LogP contribution in [0.4, 0.5) is 16.3 Å². The highest BCUT2D eigenvalue weighted by Gasteiger charge is 2.24. The molecule has 2 heterocycles. The fourth-order valence-electron chi connectivity index (χ4n) is 3.51. The zero-order valence-electron chi connectivity index (χ0n) is 16.4. The average Bonchev–Trinajstić information content (AvgIpc) is 2.99.